The van der Waals surface area contributed by atoms with Gasteiger partial charge >= 0.3 is 0 Å². The summed E-state index contributed by atoms with van der Waals surface area (Å²) in [5.41, 5.74) is 4.11. The summed E-state index contributed by atoms with van der Waals surface area (Å²) in [6.07, 6.45) is 8.49. The van der Waals surface area contributed by atoms with E-state index in [9.17, 15) is 0 Å². The highest BCUT2D eigenvalue weighted by Crippen LogP contribution is 2.28. The Morgan fingerprint density at radius 1 is 1.14 bits per heavy atom. The average molecular weight is 278 g/mol. The zero-order valence-electron chi connectivity index (χ0n) is 12.6. The van der Waals surface area contributed by atoms with Gasteiger partial charge in [0.05, 0.1) is 0 Å². The lowest BCUT2D eigenvalue weighted by molar-refractivity contribution is 0.198. The minimum absolute atomic E-state index is 0.616. The molecule has 108 valence electrons. The third-order valence-corrected chi connectivity index (χ3v) is 4.28. The maximum Gasteiger partial charge on any atom is 0.0342 e. The van der Waals surface area contributed by atoms with Gasteiger partial charge in [-0.25, -0.2) is 0 Å². The standard InChI is InChI=1S/C19H22N2/c1-2-19-13-17(18-9-6-11-20-14-18)10-12-21(19)15-16-7-4-3-5-8-16/h3-11,14,19H,2,12-13,15H2,1H3. The minimum atomic E-state index is 0.616. The van der Waals surface area contributed by atoms with Crippen LogP contribution in [0.2, 0.25) is 0 Å². The second-order valence-electron chi connectivity index (χ2n) is 5.65. The summed E-state index contributed by atoms with van der Waals surface area (Å²) in [6, 6.07) is 15.6. The van der Waals surface area contributed by atoms with Crippen molar-refractivity contribution in [2.75, 3.05) is 6.54 Å². The molecule has 3 rings (SSSR count). The average Bonchev–Trinajstić information content (AvgIpc) is 2.57. The van der Waals surface area contributed by atoms with Crippen molar-refractivity contribution in [3.05, 3.63) is 72.1 Å². The van der Waals surface area contributed by atoms with Crippen molar-refractivity contribution < 1.29 is 0 Å². The molecule has 0 bridgehead atoms. The van der Waals surface area contributed by atoms with Crippen LogP contribution < -0.4 is 0 Å². The van der Waals surface area contributed by atoms with Gasteiger partial charge in [-0.2, -0.15) is 0 Å². The fourth-order valence-electron chi connectivity index (χ4n) is 3.05. The Bertz CT molecular complexity index is 589. The van der Waals surface area contributed by atoms with Gasteiger partial charge in [0.2, 0.25) is 0 Å². The van der Waals surface area contributed by atoms with Gasteiger partial charge < -0.3 is 0 Å². The topological polar surface area (TPSA) is 16.1 Å². The van der Waals surface area contributed by atoms with Gasteiger partial charge in [0.1, 0.15) is 0 Å². The van der Waals surface area contributed by atoms with E-state index in [-0.39, 0.29) is 0 Å². The molecule has 0 saturated heterocycles. The molecule has 1 aliphatic rings. The largest absolute Gasteiger partial charge is 0.292 e. The predicted molar refractivity (Wildman–Crippen MR) is 87.8 cm³/mol. The van der Waals surface area contributed by atoms with Gasteiger partial charge in [0, 0.05) is 31.5 Å². The molecule has 0 aliphatic carbocycles. The lowest BCUT2D eigenvalue weighted by Crippen LogP contribution is -2.37. The van der Waals surface area contributed by atoms with Crippen molar-refractivity contribution in [2.45, 2.75) is 32.4 Å². The number of benzene rings is 1. The maximum atomic E-state index is 4.24. The molecule has 2 aromatic rings. The van der Waals surface area contributed by atoms with Crippen molar-refractivity contribution in [3.63, 3.8) is 0 Å². The van der Waals surface area contributed by atoms with E-state index in [1.54, 1.807) is 0 Å². The first-order chi connectivity index (χ1) is 10.4. The van der Waals surface area contributed by atoms with Crippen molar-refractivity contribution >= 4 is 5.57 Å². The molecule has 1 aliphatic heterocycles. The summed E-state index contributed by atoms with van der Waals surface area (Å²) in [5.74, 6) is 0. The van der Waals surface area contributed by atoms with Gasteiger partial charge in [-0.05, 0) is 35.6 Å². The molecule has 1 aromatic carbocycles. The number of hydrogen-bond donors (Lipinski definition) is 0. The Labute approximate surface area is 127 Å². The van der Waals surface area contributed by atoms with Gasteiger partial charge in [0.15, 0.2) is 0 Å². The predicted octanol–water partition coefficient (Wildman–Crippen LogP) is 4.15. The van der Waals surface area contributed by atoms with Crippen LogP contribution in [-0.2, 0) is 6.54 Å². The molecule has 1 aromatic heterocycles. The number of nitrogens with zero attached hydrogens (tertiary/aromatic N) is 2. The van der Waals surface area contributed by atoms with E-state index in [0.717, 1.165) is 19.5 Å². The fourth-order valence-corrected chi connectivity index (χ4v) is 3.05. The molecule has 0 radical (unpaired) electrons. The van der Waals surface area contributed by atoms with Crippen molar-refractivity contribution in [2.24, 2.45) is 0 Å². The van der Waals surface area contributed by atoms with Gasteiger partial charge in [-0.3, -0.25) is 9.88 Å². The minimum Gasteiger partial charge on any atom is -0.292 e. The van der Waals surface area contributed by atoms with E-state index in [1.807, 2.05) is 18.5 Å². The second kappa shape index (κ2) is 6.68. The number of rotatable bonds is 4. The van der Waals surface area contributed by atoms with E-state index in [2.05, 4.69) is 59.3 Å². The summed E-state index contributed by atoms with van der Waals surface area (Å²) in [5, 5.41) is 0. The van der Waals surface area contributed by atoms with Crippen LogP contribution >= 0.6 is 0 Å². The summed E-state index contributed by atoms with van der Waals surface area (Å²) < 4.78 is 0. The van der Waals surface area contributed by atoms with Gasteiger partial charge in [-0.1, -0.05) is 49.4 Å². The maximum absolute atomic E-state index is 4.24. The Morgan fingerprint density at radius 3 is 2.71 bits per heavy atom. The van der Waals surface area contributed by atoms with E-state index >= 15 is 0 Å². The van der Waals surface area contributed by atoms with Crippen LogP contribution in [0.4, 0.5) is 0 Å². The van der Waals surface area contributed by atoms with Gasteiger partial charge in [0.25, 0.3) is 0 Å². The highest BCUT2D eigenvalue weighted by Gasteiger charge is 2.22. The molecule has 1 unspecified atom stereocenters. The first-order valence-electron chi connectivity index (χ1n) is 7.74. The zero-order chi connectivity index (χ0) is 14.5. The Morgan fingerprint density at radius 2 is 2.00 bits per heavy atom. The normalized spacial score (nSPS) is 19.3. The summed E-state index contributed by atoms with van der Waals surface area (Å²) in [6.45, 7) is 4.35. The van der Waals surface area contributed by atoms with Crippen LogP contribution in [0.1, 0.15) is 30.9 Å². The number of hydrogen-bond acceptors (Lipinski definition) is 2. The third kappa shape index (κ3) is 3.40. The first-order valence-corrected chi connectivity index (χ1v) is 7.74. The Balaban J connectivity index is 1.75. The van der Waals surface area contributed by atoms with Crippen LogP contribution in [0, 0.1) is 0 Å². The third-order valence-electron chi connectivity index (χ3n) is 4.28. The number of aromatic nitrogens is 1. The van der Waals surface area contributed by atoms with Crippen LogP contribution in [0.25, 0.3) is 5.57 Å². The number of pyridine rings is 1. The Hall–Kier alpha value is -1.93. The molecule has 0 amide bonds. The first kappa shape index (κ1) is 14.0. The highest BCUT2D eigenvalue weighted by molar-refractivity contribution is 5.66. The molecule has 2 nitrogen and oxygen atoms in total. The molecule has 2 heterocycles. The highest BCUT2D eigenvalue weighted by atomic mass is 15.2. The molecule has 1 atom stereocenters. The van der Waals surface area contributed by atoms with Crippen molar-refractivity contribution in [1.29, 1.82) is 0 Å². The molecule has 0 N–H and O–H groups in total. The monoisotopic (exact) mass is 278 g/mol. The summed E-state index contributed by atoms with van der Waals surface area (Å²) >= 11 is 0. The molecule has 0 spiro atoms. The van der Waals surface area contributed by atoms with Gasteiger partial charge in [-0.15, -0.1) is 0 Å². The van der Waals surface area contributed by atoms with Crippen molar-refractivity contribution in [1.82, 2.24) is 9.88 Å². The van der Waals surface area contributed by atoms with E-state index in [0.29, 0.717) is 6.04 Å². The Kier molecular flexibility index (Phi) is 4.46. The SMILES string of the molecule is CCC1CC(c2cccnc2)=CCN1Cc1ccccc1. The molecule has 0 saturated carbocycles. The molecule has 2 heteroatoms. The lowest BCUT2D eigenvalue weighted by Gasteiger charge is -2.35. The van der Waals surface area contributed by atoms with Crippen LogP contribution in [0.15, 0.2) is 60.9 Å². The van der Waals surface area contributed by atoms with Crippen LogP contribution in [-0.4, -0.2) is 22.5 Å². The molecular formula is C19H22N2. The quantitative estimate of drug-likeness (QED) is 0.835. The molecule has 0 fully saturated rings. The van der Waals surface area contributed by atoms with E-state index < -0.39 is 0 Å². The smallest absolute Gasteiger partial charge is 0.0342 e. The molecular weight excluding hydrogens is 256 g/mol. The van der Waals surface area contributed by atoms with Crippen LogP contribution in [0.5, 0.6) is 0 Å². The van der Waals surface area contributed by atoms with Crippen LogP contribution in [0.3, 0.4) is 0 Å². The van der Waals surface area contributed by atoms with Crippen molar-refractivity contribution in [3.8, 4) is 0 Å². The zero-order valence-corrected chi connectivity index (χ0v) is 12.6. The van der Waals surface area contributed by atoms with E-state index in [4.69, 9.17) is 0 Å². The lowest BCUT2D eigenvalue weighted by atomic mass is 9.93. The molecule has 21 heavy (non-hydrogen) atoms. The summed E-state index contributed by atoms with van der Waals surface area (Å²) in [4.78, 5) is 6.82. The fraction of sp³-hybridized carbons (Fsp3) is 0.316. The summed E-state index contributed by atoms with van der Waals surface area (Å²) in [7, 11) is 0. The van der Waals surface area contributed by atoms with E-state index in [1.165, 1.54) is 23.1 Å². The second-order valence-corrected chi connectivity index (χ2v) is 5.65.